The van der Waals surface area contributed by atoms with E-state index in [0.29, 0.717) is 10.8 Å². The molecule has 3 rings (SSSR count). The molecule has 132 valence electrons. The molecule has 0 spiro atoms. The fourth-order valence-corrected chi connectivity index (χ4v) is 3.90. The smallest absolute Gasteiger partial charge is 0.102 e. The van der Waals surface area contributed by atoms with Crippen molar-refractivity contribution in [2.75, 3.05) is 0 Å². The van der Waals surface area contributed by atoms with Gasteiger partial charge in [0.2, 0.25) is 0 Å². The molecule has 0 nitrogen and oxygen atoms in total. The molecule has 2 aromatic rings. The van der Waals surface area contributed by atoms with E-state index in [9.17, 15) is 0 Å². The minimum absolute atomic E-state index is 0.349. The van der Waals surface area contributed by atoms with Gasteiger partial charge in [-0.15, -0.1) is 5.47 Å². The van der Waals surface area contributed by atoms with Crippen LogP contribution in [-0.2, 0) is 0 Å². The lowest BCUT2D eigenvalue weighted by Crippen LogP contribution is -2.31. The second-order valence-electron chi connectivity index (χ2n) is 9.45. The highest BCUT2D eigenvalue weighted by molar-refractivity contribution is 6.47. The van der Waals surface area contributed by atoms with Crippen LogP contribution < -0.4 is 0 Å². The Balaban J connectivity index is 1.96. The van der Waals surface area contributed by atoms with Gasteiger partial charge in [-0.3, -0.25) is 0 Å². The first-order valence-electron chi connectivity index (χ1n) is 9.99. The van der Waals surface area contributed by atoms with Crippen molar-refractivity contribution in [1.29, 1.82) is 0 Å². The van der Waals surface area contributed by atoms with Crippen LogP contribution in [-0.4, -0.2) is 7.28 Å². The van der Waals surface area contributed by atoms with E-state index in [-0.39, 0.29) is 0 Å². The summed E-state index contributed by atoms with van der Waals surface area (Å²) in [6, 6.07) is 15.7. The van der Waals surface area contributed by atoms with Gasteiger partial charge in [-0.2, -0.15) is 0 Å². The van der Waals surface area contributed by atoms with Gasteiger partial charge in [0.1, 0.15) is 0 Å². The second kappa shape index (κ2) is 7.02. The van der Waals surface area contributed by atoms with Gasteiger partial charge in [-0.1, -0.05) is 89.8 Å². The van der Waals surface area contributed by atoms with Gasteiger partial charge in [-0.25, -0.2) is 0 Å². The topological polar surface area (TPSA) is 0 Å². The molecule has 0 unspecified atom stereocenters. The SMILES string of the molecule is CC(C)(C)C(C)(C)CBC1=C(c2cccc3ccccc23)CCCC1. The van der Waals surface area contributed by atoms with Gasteiger partial charge in [0.15, 0.2) is 7.28 Å². The Morgan fingerprint density at radius 2 is 1.52 bits per heavy atom. The van der Waals surface area contributed by atoms with Gasteiger partial charge < -0.3 is 0 Å². The minimum Gasteiger partial charge on any atom is -0.102 e. The molecule has 0 aromatic heterocycles. The van der Waals surface area contributed by atoms with E-state index in [1.807, 2.05) is 0 Å². The zero-order valence-corrected chi connectivity index (χ0v) is 16.8. The Labute approximate surface area is 155 Å². The first kappa shape index (κ1) is 18.3. The van der Waals surface area contributed by atoms with Crippen LogP contribution >= 0.6 is 0 Å². The molecule has 1 aliphatic rings. The average Bonchev–Trinajstić information content (AvgIpc) is 2.59. The predicted octanol–water partition coefficient (Wildman–Crippen LogP) is 7.05. The first-order valence-corrected chi connectivity index (χ1v) is 9.99. The molecule has 0 aliphatic heterocycles. The maximum atomic E-state index is 2.44. The van der Waals surface area contributed by atoms with Crippen molar-refractivity contribution in [3.8, 4) is 0 Å². The molecule has 0 N–H and O–H groups in total. The van der Waals surface area contributed by atoms with Crippen LogP contribution in [0.1, 0.15) is 65.9 Å². The van der Waals surface area contributed by atoms with Crippen LogP contribution in [0.4, 0.5) is 0 Å². The minimum atomic E-state index is 0.349. The maximum Gasteiger partial charge on any atom is 0.153 e. The van der Waals surface area contributed by atoms with E-state index in [1.165, 1.54) is 55.6 Å². The average molecular weight is 332 g/mol. The number of allylic oxidation sites excluding steroid dienone is 2. The van der Waals surface area contributed by atoms with Gasteiger partial charge in [0.25, 0.3) is 0 Å². The summed E-state index contributed by atoms with van der Waals surface area (Å²) in [7, 11) is 1.25. The first-order chi connectivity index (χ1) is 11.8. The summed E-state index contributed by atoms with van der Waals surface area (Å²) in [5, 5.41) is 2.79. The summed E-state index contributed by atoms with van der Waals surface area (Å²) in [6.45, 7) is 12.0. The fraction of sp³-hybridized carbons (Fsp3) is 0.500. The van der Waals surface area contributed by atoms with E-state index < -0.39 is 0 Å². The van der Waals surface area contributed by atoms with Gasteiger partial charge >= 0.3 is 0 Å². The molecule has 0 atom stereocenters. The molecule has 25 heavy (non-hydrogen) atoms. The molecule has 1 heteroatoms. The molecule has 0 fully saturated rings. The van der Waals surface area contributed by atoms with Crippen molar-refractivity contribution in [2.24, 2.45) is 10.8 Å². The quantitative estimate of drug-likeness (QED) is 0.526. The standard InChI is InChI=1S/C24H33B/c1-23(2,3)24(4,5)17-25-22-16-9-8-14-21(22)20-15-10-12-18-11-6-7-13-19(18)20/h6-7,10-13,15,25H,8-9,14,16-17H2,1-5H3. The van der Waals surface area contributed by atoms with Crippen molar-refractivity contribution in [3.05, 3.63) is 53.5 Å². The maximum absolute atomic E-state index is 2.44. The van der Waals surface area contributed by atoms with Gasteiger partial charge in [-0.05, 0) is 52.0 Å². The molecule has 0 amide bonds. The van der Waals surface area contributed by atoms with Crippen LogP contribution in [0.3, 0.4) is 0 Å². The lowest BCUT2D eigenvalue weighted by molar-refractivity contribution is 0.156. The monoisotopic (exact) mass is 332 g/mol. The Morgan fingerprint density at radius 3 is 2.28 bits per heavy atom. The number of fused-ring (bicyclic) bond motifs is 1. The Kier molecular flexibility index (Phi) is 5.14. The second-order valence-corrected chi connectivity index (χ2v) is 9.45. The highest BCUT2D eigenvalue weighted by Crippen LogP contribution is 2.43. The largest absolute Gasteiger partial charge is 0.153 e. The Morgan fingerprint density at radius 1 is 0.840 bits per heavy atom. The van der Waals surface area contributed by atoms with E-state index in [2.05, 4.69) is 77.1 Å². The van der Waals surface area contributed by atoms with Crippen LogP contribution in [0, 0.1) is 10.8 Å². The highest BCUT2D eigenvalue weighted by Gasteiger charge is 2.33. The highest BCUT2D eigenvalue weighted by atomic mass is 14.3. The van der Waals surface area contributed by atoms with Crippen molar-refractivity contribution in [2.45, 2.75) is 66.6 Å². The van der Waals surface area contributed by atoms with Crippen LogP contribution in [0.15, 0.2) is 47.9 Å². The zero-order chi connectivity index (χ0) is 18.1. The number of hydrogen-bond acceptors (Lipinski definition) is 0. The lowest BCUT2D eigenvalue weighted by atomic mass is 9.51. The summed E-state index contributed by atoms with van der Waals surface area (Å²) in [5.41, 5.74) is 5.57. The van der Waals surface area contributed by atoms with Gasteiger partial charge in [0.05, 0.1) is 0 Å². The summed E-state index contributed by atoms with van der Waals surface area (Å²) < 4.78 is 0. The molecule has 0 heterocycles. The van der Waals surface area contributed by atoms with Crippen molar-refractivity contribution in [1.82, 2.24) is 0 Å². The van der Waals surface area contributed by atoms with Crippen LogP contribution in [0.25, 0.3) is 16.3 Å². The summed E-state index contributed by atoms with van der Waals surface area (Å²) in [4.78, 5) is 0. The lowest BCUT2D eigenvalue weighted by Gasteiger charge is -2.39. The Bertz CT molecular complexity index is 769. The van der Waals surface area contributed by atoms with E-state index in [4.69, 9.17) is 0 Å². The van der Waals surface area contributed by atoms with E-state index >= 15 is 0 Å². The molecule has 0 radical (unpaired) electrons. The van der Waals surface area contributed by atoms with Crippen molar-refractivity contribution < 1.29 is 0 Å². The van der Waals surface area contributed by atoms with Crippen molar-refractivity contribution >= 4 is 23.6 Å². The van der Waals surface area contributed by atoms with E-state index in [1.54, 1.807) is 11.0 Å². The summed E-state index contributed by atoms with van der Waals surface area (Å²) in [6.07, 6.45) is 6.52. The summed E-state index contributed by atoms with van der Waals surface area (Å²) in [5.74, 6) is 0. The molecule has 0 saturated carbocycles. The normalized spacial score (nSPS) is 16.4. The van der Waals surface area contributed by atoms with E-state index in [0.717, 1.165) is 0 Å². The van der Waals surface area contributed by atoms with Crippen molar-refractivity contribution in [3.63, 3.8) is 0 Å². The zero-order valence-electron chi connectivity index (χ0n) is 16.8. The molecule has 1 aliphatic carbocycles. The molecular formula is C24H33B. The van der Waals surface area contributed by atoms with Gasteiger partial charge in [0, 0.05) is 0 Å². The third kappa shape index (κ3) is 3.86. The van der Waals surface area contributed by atoms with Crippen LogP contribution in [0.2, 0.25) is 6.32 Å². The summed E-state index contributed by atoms with van der Waals surface area (Å²) >= 11 is 0. The molecular weight excluding hydrogens is 299 g/mol. The number of hydrogen-bond donors (Lipinski definition) is 0. The molecule has 0 bridgehead atoms. The fourth-order valence-electron chi connectivity index (χ4n) is 3.90. The number of rotatable bonds is 4. The third-order valence-electron chi connectivity index (χ3n) is 6.78. The third-order valence-corrected chi connectivity index (χ3v) is 6.78. The molecule has 2 aromatic carbocycles. The number of benzene rings is 2. The van der Waals surface area contributed by atoms with Crippen LogP contribution in [0.5, 0.6) is 0 Å². The Hall–Kier alpha value is -1.50. The molecule has 0 saturated heterocycles. The predicted molar refractivity (Wildman–Crippen MR) is 115 cm³/mol.